The molecule has 0 bridgehead atoms. The normalized spacial score (nSPS) is 23.2. The highest BCUT2D eigenvalue weighted by molar-refractivity contribution is 9.10. The minimum Gasteiger partial charge on any atom is -0.312 e. The van der Waals surface area contributed by atoms with Crippen LogP contribution in [0.15, 0.2) is 28.1 Å². The lowest BCUT2D eigenvalue weighted by Gasteiger charge is -2.30. The Morgan fingerprint density at radius 2 is 2.19 bits per heavy atom. The van der Waals surface area contributed by atoms with Gasteiger partial charge in [-0.25, -0.2) is 8.42 Å². The molecule has 2 heterocycles. The Balaban J connectivity index is 2.08. The molecule has 2 atom stereocenters. The number of benzene rings is 1. The Morgan fingerprint density at radius 1 is 1.38 bits per heavy atom. The fourth-order valence-electron chi connectivity index (χ4n) is 3.18. The van der Waals surface area contributed by atoms with Crippen LogP contribution in [0.2, 0.25) is 0 Å². The van der Waals surface area contributed by atoms with Gasteiger partial charge in [0, 0.05) is 9.17 Å². The third-order valence-corrected chi connectivity index (χ3v) is 8.49. The summed E-state index contributed by atoms with van der Waals surface area (Å²) in [5.41, 5.74) is 1.11. The standard InChI is InChI=1S/C15H18BrNO2S2/c1-17-14(13-7-2-3-8-21(13,18)19)11-9-20-15-10(11)5-4-6-12(15)16/h4-6,9,13-14,17H,2-3,7-8H2,1H3. The molecule has 0 saturated carbocycles. The number of halogens is 1. The topological polar surface area (TPSA) is 46.2 Å². The smallest absolute Gasteiger partial charge is 0.155 e. The first kappa shape index (κ1) is 15.5. The van der Waals surface area contributed by atoms with E-state index in [4.69, 9.17) is 0 Å². The summed E-state index contributed by atoms with van der Waals surface area (Å²) < 4.78 is 27.1. The number of hydrogen-bond donors (Lipinski definition) is 1. The average Bonchev–Trinajstić information content (AvgIpc) is 2.87. The summed E-state index contributed by atoms with van der Waals surface area (Å²) in [5.74, 6) is 0.321. The van der Waals surface area contributed by atoms with Crippen LogP contribution in [0.4, 0.5) is 0 Å². The summed E-state index contributed by atoms with van der Waals surface area (Å²) in [4.78, 5) is 0. The summed E-state index contributed by atoms with van der Waals surface area (Å²) in [6.07, 6.45) is 2.54. The molecule has 0 spiro atoms. The van der Waals surface area contributed by atoms with Gasteiger partial charge >= 0.3 is 0 Å². The van der Waals surface area contributed by atoms with Crippen LogP contribution in [-0.2, 0) is 9.84 Å². The van der Waals surface area contributed by atoms with E-state index in [1.807, 2.05) is 19.2 Å². The fraction of sp³-hybridized carbons (Fsp3) is 0.467. The van der Waals surface area contributed by atoms with Crippen LogP contribution in [-0.4, -0.2) is 26.5 Å². The van der Waals surface area contributed by atoms with Crippen LogP contribution < -0.4 is 5.32 Å². The van der Waals surface area contributed by atoms with Gasteiger partial charge in [-0.05, 0) is 58.2 Å². The van der Waals surface area contributed by atoms with Gasteiger partial charge in [-0.2, -0.15) is 0 Å². The van der Waals surface area contributed by atoms with Gasteiger partial charge in [0.15, 0.2) is 9.84 Å². The van der Waals surface area contributed by atoms with Gasteiger partial charge in [0.1, 0.15) is 0 Å². The summed E-state index contributed by atoms with van der Waals surface area (Å²) in [6, 6.07) is 5.98. The number of nitrogens with one attached hydrogen (secondary N) is 1. The highest BCUT2D eigenvalue weighted by Crippen LogP contribution is 2.39. The Labute approximate surface area is 137 Å². The minimum atomic E-state index is -3.01. The van der Waals surface area contributed by atoms with Crippen LogP contribution in [0, 0.1) is 0 Å². The van der Waals surface area contributed by atoms with Crippen LogP contribution in [0.3, 0.4) is 0 Å². The van der Waals surface area contributed by atoms with Crippen molar-refractivity contribution in [3.8, 4) is 0 Å². The van der Waals surface area contributed by atoms with Crippen molar-refractivity contribution in [1.29, 1.82) is 0 Å². The number of rotatable bonds is 3. The number of fused-ring (bicyclic) bond motifs is 1. The van der Waals surface area contributed by atoms with Crippen LogP contribution >= 0.6 is 27.3 Å². The first-order valence-electron chi connectivity index (χ1n) is 7.09. The van der Waals surface area contributed by atoms with E-state index in [-0.39, 0.29) is 11.3 Å². The zero-order chi connectivity index (χ0) is 15.0. The summed E-state index contributed by atoms with van der Waals surface area (Å²) >= 11 is 5.24. The quantitative estimate of drug-likeness (QED) is 0.868. The molecule has 1 saturated heterocycles. The molecule has 1 aliphatic heterocycles. The lowest BCUT2D eigenvalue weighted by Crippen LogP contribution is -2.39. The third-order valence-electron chi connectivity index (χ3n) is 4.23. The van der Waals surface area contributed by atoms with Gasteiger partial charge in [-0.3, -0.25) is 0 Å². The van der Waals surface area contributed by atoms with Crippen LogP contribution in [0.25, 0.3) is 10.1 Å². The van der Waals surface area contributed by atoms with Crippen molar-refractivity contribution in [2.24, 2.45) is 0 Å². The average molecular weight is 388 g/mol. The second-order valence-electron chi connectivity index (χ2n) is 5.48. The predicted molar refractivity (Wildman–Crippen MR) is 92.8 cm³/mol. The van der Waals surface area contributed by atoms with Crippen molar-refractivity contribution >= 4 is 47.2 Å². The largest absolute Gasteiger partial charge is 0.312 e. The van der Waals surface area contributed by atoms with E-state index in [1.165, 1.54) is 4.70 Å². The predicted octanol–water partition coefficient (Wildman–Crippen LogP) is 3.89. The Morgan fingerprint density at radius 3 is 2.90 bits per heavy atom. The van der Waals surface area contributed by atoms with Crippen molar-refractivity contribution in [3.63, 3.8) is 0 Å². The Kier molecular flexibility index (Phi) is 4.41. The first-order valence-corrected chi connectivity index (χ1v) is 10.5. The molecule has 1 aromatic carbocycles. The molecule has 6 heteroatoms. The maximum absolute atomic E-state index is 12.4. The monoisotopic (exact) mass is 387 g/mol. The molecule has 114 valence electrons. The van der Waals surface area contributed by atoms with E-state index < -0.39 is 9.84 Å². The molecule has 2 aromatic rings. The van der Waals surface area contributed by atoms with E-state index in [0.717, 1.165) is 34.7 Å². The number of thiophene rings is 1. The van der Waals surface area contributed by atoms with E-state index in [1.54, 1.807) is 11.3 Å². The van der Waals surface area contributed by atoms with Gasteiger partial charge in [0.2, 0.25) is 0 Å². The molecule has 1 aliphatic rings. The van der Waals surface area contributed by atoms with Gasteiger partial charge < -0.3 is 5.32 Å². The molecular formula is C15H18BrNO2S2. The third kappa shape index (κ3) is 2.79. The van der Waals surface area contributed by atoms with Gasteiger partial charge in [0.25, 0.3) is 0 Å². The Bertz CT molecular complexity index is 754. The van der Waals surface area contributed by atoms with E-state index >= 15 is 0 Å². The zero-order valence-electron chi connectivity index (χ0n) is 11.8. The molecule has 0 aliphatic carbocycles. The molecule has 2 unspecified atom stereocenters. The molecule has 0 amide bonds. The molecule has 21 heavy (non-hydrogen) atoms. The summed E-state index contributed by atoms with van der Waals surface area (Å²) in [7, 11) is -1.15. The van der Waals surface area contributed by atoms with E-state index in [9.17, 15) is 8.42 Å². The fourth-order valence-corrected chi connectivity index (χ4v) is 6.97. The molecular weight excluding hydrogens is 370 g/mol. The maximum atomic E-state index is 12.4. The molecule has 1 fully saturated rings. The molecule has 0 radical (unpaired) electrons. The maximum Gasteiger partial charge on any atom is 0.155 e. The van der Waals surface area contributed by atoms with Gasteiger partial charge in [0.05, 0.1) is 17.0 Å². The van der Waals surface area contributed by atoms with Crippen molar-refractivity contribution in [3.05, 3.63) is 33.6 Å². The van der Waals surface area contributed by atoms with Crippen LogP contribution in [0.1, 0.15) is 30.9 Å². The lowest BCUT2D eigenvalue weighted by molar-refractivity contribution is 0.471. The Hall–Kier alpha value is -0.430. The van der Waals surface area contributed by atoms with E-state index in [0.29, 0.717) is 5.75 Å². The SMILES string of the molecule is CNC(c1csc2c(Br)cccc12)C1CCCCS1(=O)=O. The molecule has 1 aromatic heterocycles. The van der Waals surface area contributed by atoms with Crippen molar-refractivity contribution in [2.45, 2.75) is 30.6 Å². The number of hydrogen-bond acceptors (Lipinski definition) is 4. The summed E-state index contributed by atoms with van der Waals surface area (Å²) in [5, 5.41) is 6.19. The van der Waals surface area contributed by atoms with Gasteiger partial charge in [-0.1, -0.05) is 18.6 Å². The molecule has 1 N–H and O–H groups in total. The zero-order valence-corrected chi connectivity index (χ0v) is 15.0. The van der Waals surface area contributed by atoms with E-state index in [2.05, 4.69) is 32.7 Å². The van der Waals surface area contributed by atoms with Crippen molar-refractivity contribution in [1.82, 2.24) is 5.32 Å². The summed E-state index contributed by atoms with van der Waals surface area (Å²) in [6.45, 7) is 0. The lowest BCUT2D eigenvalue weighted by atomic mass is 9.99. The highest BCUT2D eigenvalue weighted by Gasteiger charge is 2.36. The van der Waals surface area contributed by atoms with Crippen LogP contribution in [0.5, 0.6) is 0 Å². The highest BCUT2D eigenvalue weighted by atomic mass is 79.9. The number of sulfone groups is 1. The van der Waals surface area contributed by atoms with Crippen molar-refractivity contribution < 1.29 is 8.42 Å². The van der Waals surface area contributed by atoms with Crippen molar-refractivity contribution in [2.75, 3.05) is 12.8 Å². The molecule has 3 nitrogen and oxygen atoms in total. The second-order valence-corrected chi connectivity index (χ2v) is 9.55. The van der Waals surface area contributed by atoms with Gasteiger partial charge in [-0.15, -0.1) is 11.3 Å². The molecule has 3 rings (SSSR count). The first-order chi connectivity index (χ1) is 10.0. The second kappa shape index (κ2) is 5.99. The minimum absolute atomic E-state index is 0.127.